The van der Waals surface area contributed by atoms with Gasteiger partial charge in [-0.3, -0.25) is 33.7 Å². The fourth-order valence-electron chi connectivity index (χ4n) is 4.46. The van der Waals surface area contributed by atoms with Gasteiger partial charge in [-0.05, 0) is 37.4 Å². The summed E-state index contributed by atoms with van der Waals surface area (Å²) in [4.78, 5) is 68.4. The van der Waals surface area contributed by atoms with Crippen LogP contribution in [0.3, 0.4) is 0 Å². The normalized spacial score (nSPS) is 18.5. The lowest BCUT2D eigenvalue weighted by molar-refractivity contribution is -0.153. The number of aliphatic carboxylic acids is 1. The molecule has 0 bridgehead atoms. The van der Waals surface area contributed by atoms with Gasteiger partial charge in [0, 0.05) is 58.0 Å². The Kier molecular flexibility index (Phi) is 32.0. The summed E-state index contributed by atoms with van der Waals surface area (Å²) in [6.45, 7) is 24.4. The second-order valence-corrected chi connectivity index (χ2v) is 14.5. The molecular formula is C39H76N6O8. The number of nitrogens with zero attached hydrogens (tertiary/aromatic N) is 1. The zero-order valence-corrected chi connectivity index (χ0v) is 34.5. The highest BCUT2D eigenvalue weighted by Crippen LogP contribution is 2.26. The molecule has 0 aromatic heterocycles. The van der Waals surface area contributed by atoms with E-state index in [2.05, 4.69) is 32.9 Å². The molecule has 0 spiro atoms. The minimum atomic E-state index is -0.906. The van der Waals surface area contributed by atoms with Crippen molar-refractivity contribution in [3.63, 3.8) is 0 Å². The predicted octanol–water partition coefficient (Wildman–Crippen LogP) is 3.71. The summed E-state index contributed by atoms with van der Waals surface area (Å²) in [5, 5.41) is 20.9. The first-order valence-corrected chi connectivity index (χ1v) is 20.0. The maximum absolute atomic E-state index is 11.8. The van der Waals surface area contributed by atoms with Gasteiger partial charge < -0.3 is 36.8 Å². The number of imide groups is 1. The van der Waals surface area contributed by atoms with E-state index < -0.39 is 11.9 Å². The number of likely N-dealkylation sites (N-methyl/N-ethyl adjacent to an activating group) is 3. The summed E-state index contributed by atoms with van der Waals surface area (Å²) in [5.74, 6) is -2.32. The fourth-order valence-corrected chi connectivity index (χ4v) is 4.46. The molecule has 0 radical (unpaired) electrons. The number of carboxylic acids is 1. The number of carboxylic acid groups (broad SMARTS) is 1. The molecule has 3 unspecified atom stereocenters. The molecule has 2 aliphatic heterocycles. The average Bonchev–Trinajstić information content (AvgIpc) is 4.02. The summed E-state index contributed by atoms with van der Waals surface area (Å²) >= 11 is 0. The number of cyclic esters (lactones) is 2. The summed E-state index contributed by atoms with van der Waals surface area (Å²) in [6.07, 6.45) is 9.71. The first-order chi connectivity index (χ1) is 25.1. The van der Waals surface area contributed by atoms with Gasteiger partial charge in [0.2, 0.25) is 17.7 Å². The van der Waals surface area contributed by atoms with E-state index in [-0.39, 0.29) is 72.1 Å². The number of carbonyl (C=O) groups is 6. The van der Waals surface area contributed by atoms with E-state index in [1.54, 1.807) is 0 Å². The first kappa shape index (κ1) is 52.2. The van der Waals surface area contributed by atoms with E-state index in [1.807, 2.05) is 55.4 Å². The molecule has 53 heavy (non-hydrogen) atoms. The van der Waals surface area contributed by atoms with Crippen LogP contribution in [0.15, 0.2) is 0 Å². The number of likely N-dealkylation sites (tertiary alicyclic amines) is 1. The number of amides is 3. The highest BCUT2D eigenvalue weighted by molar-refractivity contribution is 6.03. The van der Waals surface area contributed by atoms with Crippen LogP contribution < -0.4 is 27.0 Å². The minimum absolute atomic E-state index is 0.00732. The molecule has 310 valence electrons. The number of hydrogen-bond acceptors (Lipinski definition) is 11. The molecule has 3 atom stereocenters. The Morgan fingerprint density at radius 1 is 0.755 bits per heavy atom. The second-order valence-electron chi connectivity index (χ2n) is 14.5. The van der Waals surface area contributed by atoms with E-state index >= 15 is 0 Å². The summed E-state index contributed by atoms with van der Waals surface area (Å²) in [5.41, 5.74) is 5.15. The molecule has 2 saturated carbocycles. The monoisotopic (exact) mass is 757 g/mol. The number of nitrogens with one attached hydrogen (secondary N) is 4. The van der Waals surface area contributed by atoms with E-state index in [4.69, 9.17) is 10.8 Å². The number of nitrogens with two attached hydrogens (primary N) is 1. The van der Waals surface area contributed by atoms with Crippen LogP contribution in [-0.2, 0) is 33.5 Å². The van der Waals surface area contributed by atoms with Crippen molar-refractivity contribution >= 4 is 35.6 Å². The van der Waals surface area contributed by atoms with Crippen LogP contribution in [0.5, 0.6) is 0 Å². The highest BCUT2D eigenvalue weighted by Gasteiger charge is 2.39. The summed E-state index contributed by atoms with van der Waals surface area (Å²) < 4.78 is 4.36. The first-order valence-electron chi connectivity index (χ1n) is 20.0. The van der Waals surface area contributed by atoms with Crippen molar-refractivity contribution in [1.29, 1.82) is 0 Å². The Labute approximate surface area is 320 Å². The maximum atomic E-state index is 11.8. The van der Waals surface area contributed by atoms with Crippen LogP contribution in [-0.4, -0.2) is 105 Å². The lowest BCUT2D eigenvalue weighted by Crippen LogP contribution is -2.37. The molecule has 7 N–H and O–H groups in total. The van der Waals surface area contributed by atoms with Crippen molar-refractivity contribution in [1.82, 2.24) is 26.2 Å². The van der Waals surface area contributed by atoms with Crippen LogP contribution in [0.1, 0.15) is 120 Å². The van der Waals surface area contributed by atoms with E-state index in [0.717, 1.165) is 32.7 Å². The van der Waals surface area contributed by atoms with Gasteiger partial charge in [0.15, 0.2) is 0 Å². The molecule has 4 aliphatic rings. The summed E-state index contributed by atoms with van der Waals surface area (Å²) in [7, 11) is 0. The number of ether oxygens (including phenoxy) is 1. The maximum Gasteiger partial charge on any atom is 0.317 e. The Morgan fingerprint density at radius 2 is 1.25 bits per heavy atom. The Hall–Kier alpha value is -2.94. The van der Waals surface area contributed by atoms with Gasteiger partial charge in [0.25, 0.3) is 0 Å². The minimum Gasteiger partial charge on any atom is -0.481 e. The lowest BCUT2D eigenvalue weighted by Gasteiger charge is -2.16. The number of esters is 2. The molecule has 0 aromatic rings. The number of carbonyl (C=O) groups excluding carboxylic acids is 5. The van der Waals surface area contributed by atoms with Gasteiger partial charge in [0.05, 0.1) is 18.3 Å². The molecule has 14 nitrogen and oxygen atoms in total. The van der Waals surface area contributed by atoms with Crippen LogP contribution in [0, 0.1) is 35.5 Å². The quantitative estimate of drug-likeness (QED) is 0.0543. The second kappa shape index (κ2) is 32.5. The zero-order chi connectivity index (χ0) is 40.8. The third kappa shape index (κ3) is 29.1. The van der Waals surface area contributed by atoms with Crippen LogP contribution in [0.2, 0.25) is 0 Å². The van der Waals surface area contributed by atoms with Gasteiger partial charge in [-0.1, -0.05) is 101 Å². The smallest absolute Gasteiger partial charge is 0.317 e. The number of hydrogen-bond donors (Lipinski definition) is 6. The number of rotatable bonds is 17. The highest BCUT2D eigenvalue weighted by atomic mass is 16.6. The topological polar surface area (TPSA) is 209 Å². The van der Waals surface area contributed by atoms with Gasteiger partial charge >= 0.3 is 17.9 Å². The van der Waals surface area contributed by atoms with Crippen molar-refractivity contribution in [2.45, 2.75) is 120 Å². The molecule has 2 saturated heterocycles. The van der Waals surface area contributed by atoms with Gasteiger partial charge in [-0.25, -0.2) is 0 Å². The van der Waals surface area contributed by atoms with E-state index in [1.165, 1.54) is 43.4 Å². The van der Waals surface area contributed by atoms with Crippen molar-refractivity contribution in [3.8, 4) is 0 Å². The van der Waals surface area contributed by atoms with Crippen molar-refractivity contribution < 1.29 is 38.6 Å². The molecular weight excluding hydrogens is 680 g/mol. The SMILES string of the molecule is C1CC1.C1CC1.CC(C)C1CC(=O)OC1=O.CCNCCN.CCNCCN1C(=O)CC(C(C)C)C1=O.CCNCCNC(=O)CC(C(=O)O)C(C)C. The van der Waals surface area contributed by atoms with Gasteiger partial charge in [-0.2, -0.15) is 0 Å². The zero-order valence-electron chi connectivity index (χ0n) is 34.5. The predicted molar refractivity (Wildman–Crippen MR) is 210 cm³/mol. The van der Waals surface area contributed by atoms with E-state index in [9.17, 15) is 28.8 Å². The summed E-state index contributed by atoms with van der Waals surface area (Å²) in [6, 6.07) is 0. The van der Waals surface area contributed by atoms with Crippen LogP contribution >= 0.6 is 0 Å². The molecule has 14 heteroatoms. The van der Waals surface area contributed by atoms with Crippen LogP contribution in [0.25, 0.3) is 0 Å². The van der Waals surface area contributed by atoms with E-state index in [0.29, 0.717) is 32.6 Å². The van der Waals surface area contributed by atoms with Crippen molar-refractivity contribution in [2.75, 3.05) is 58.9 Å². The Morgan fingerprint density at radius 3 is 1.57 bits per heavy atom. The molecule has 0 aromatic carbocycles. The third-order valence-electron chi connectivity index (χ3n) is 8.23. The molecule has 2 heterocycles. The molecule has 4 fully saturated rings. The lowest BCUT2D eigenvalue weighted by atomic mass is 9.92. The molecule has 3 amide bonds. The fraction of sp³-hybridized carbons (Fsp3) is 0.846. The largest absolute Gasteiger partial charge is 0.481 e. The average molecular weight is 757 g/mol. The van der Waals surface area contributed by atoms with Crippen molar-refractivity contribution in [3.05, 3.63) is 0 Å². The van der Waals surface area contributed by atoms with Gasteiger partial charge in [0.1, 0.15) is 0 Å². The van der Waals surface area contributed by atoms with Crippen LogP contribution in [0.4, 0.5) is 0 Å². The standard InChI is InChI=1S/C11H22N2O3.C11H20N2O2.C7H10O3.C4H12N2.2C3H6/c1-4-12-5-6-13-10(14)7-9(8(2)3)11(15)16;1-4-12-5-6-13-10(14)7-9(8(2)3)11(13)15;1-4(2)5-3-6(8)10-7(5)9;1-2-6-4-3-5;2*1-2-3-1/h8-9,12H,4-7H2,1-3H3,(H,13,14)(H,15,16);8-9,12H,4-7H2,1-3H3;4-5H,3H2,1-2H3;6H,2-5H2,1H3;2*1-3H2. The molecule has 4 rings (SSSR count). The van der Waals surface area contributed by atoms with Gasteiger partial charge in [-0.15, -0.1) is 0 Å². The Balaban J connectivity index is 0. The van der Waals surface area contributed by atoms with Crippen molar-refractivity contribution in [2.24, 2.45) is 41.2 Å². The Bertz CT molecular complexity index is 1020. The third-order valence-corrected chi connectivity index (χ3v) is 8.23. The molecule has 2 aliphatic carbocycles.